The quantitative estimate of drug-likeness (QED) is 0.797. The molecule has 2 heterocycles. The Hall–Kier alpha value is -2.08. The smallest absolute Gasteiger partial charge is 0.339 e. The Labute approximate surface area is 107 Å². The minimum Gasteiger partial charge on any atom is -0.478 e. The van der Waals surface area contributed by atoms with Crippen molar-refractivity contribution < 1.29 is 14.7 Å². The number of aryl methyl sites for hydroxylation is 2. The number of aromatic amines is 1. The number of hydrogen-bond donors (Lipinski definition) is 3. The molecule has 0 saturated carbocycles. The van der Waals surface area contributed by atoms with Crippen LogP contribution < -0.4 is 5.32 Å². The second-order valence-electron chi connectivity index (χ2n) is 3.89. The van der Waals surface area contributed by atoms with Gasteiger partial charge in [-0.3, -0.25) is 4.79 Å². The molecule has 2 aromatic heterocycles. The molecule has 0 aliphatic carbocycles. The van der Waals surface area contributed by atoms with E-state index in [9.17, 15) is 9.59 Å². The van der Waals surface area contributed by atoms with Crippen molar-refractivity contribution >= 4 is 28.9 Å². The summed E-state index contributed by atoms with van der Waals surface area (Å²) in [5.41, 5.74) is 1.78. The number of aromatic carboxylic acids is 1. The van der Waals surface area contributed by atoms with E-state index in [1.807, 2.05) is 18.4 Å². The molecule has 0 radical (unpaired) electrons. The molecule has 0 unspecified atom stereocenters. The van der Waals surface area contributed by atoms with Crippen LogP contribution in [-0.4, -0.2) is 22.0 Å². The van der Waals surface area contributed by atoms with E-state index in [4.69, 9.17) is 5.11 Å². The molecule has 0 aromatic carbocycles. The number of anilines is 1. The average molecular weight is 264 g/mol. The Kier molecular flexibility index (Phi) is 3.20. The van der Waals surface area contributed by atoms with Gasteiger partial charge in [0.1, 0.15) is 5.56 Å². The van der Waals surface area contributed by atoms with Gasteiger partial charge in [0, 0.05) is 11.9 Å². The molecule has 0 atom stereocenters. The lowest BCUT2D eigenvalue weighted by Gasteiger charge is -2.04. The predicted molar refractivity (Wildman–Crippen MR) is 69.5 cm³/mol. The summed E-state index contributed by atoms with van der Waals surface area (Å²) in [6, 6.07) is 1.85. The summed E-state index contributed by atoms with van der Waals surface area (Å²) < 4.78 is 0. The first-order valence-corrected chi connectivity index (χ1v) is 6.15. The summed E-state index contributed by atoms with van der Waals surface area (Å²) >= 11 is 1.33. The number of thiophene rings is 1. The zero-order chi connectivity index (χ0) is 13.3. The van der Waals surface area contributed by atoms with Crippen LogP contribution in [0.4, 0.5) is 5.69 Å². The molecule has 6 heteroatoms. The van der Waals surface area contributed by atoms with E-state index in [1.165, 1.54) is 17.5 Å². The van der Waals surface area contributed by atoms with Crippen molar-refractivity contribution in [1.82, 2.24) is 4.98 Å². The number of carbonyl (C=O) groups excluding carboxylic acids is 1. The molecule has 94 valence electrons. The normalized spacial score (nSPS) is 10.3. The Balaban J connectivity index is 2.28. The maximum atomic E-state index is 12.0. The topological polar surface area (TPSA) is 82.2 Å². The van der Waals surface area contributed by atoms with Crippen LogP contribution in [0.5, 0.6) is 0 Å². The zero-order valence-corrected chi connectivity index (χ0v) is 10.7. The summed E-state index contributed by atoms with van der Waals surface area (Å²) in [6.45, 7) is 3.49. The number of aromatic nitrogens is 1. The highest BCUT2D eigenvalue weighted by Crippen LogP contribution is 2.22. The third kappa shape index (κ3) is 2.14. The minimum absolute atomic E-state index is 0.0950. The van der Waals surface area contributed by atoms with Gasteiger partial charge in [-0.05, 0) is 30.9 Å². The van der Waals surface area contributed by atoms with Crippen LogP contribution in [0.2, 0.25) is 0 Å². The SMILES string of the molecule is Cc1ccsc1C(=O)Nc1c[nH]c(C)c1C(=O)O. The lowest BCUT2D eigenvalue weighted by atomic mass is 10.2. The second-order valence-corrected chi connectivity index (χ2v) is 4.81. The summed E-state index contributed by atoms with van der Waals surface area (Å²) in [4.78, 5) is 26.4. The Morgan fingerprint density at radius 3 is 2.67 bits per heavy atom. The summed E-state index contributed by atoms with van der Waals surface area (Å²) in [7, 11) is 0. The highest BCUT2D eigenvalue weighted by atomic mass is 32.1. The van der Waals surface area contributed by atoms with Gasteiger partial charge in [0.15, 0.2) is 0 Å². The molecule has 0 saturated heterocycles. The number of carboxylic acid groups (broad SMARTS) is 1. The van der Waals surface area contributed by atoms with Crippen molar-refractivity contribution in [2.45, 2.75) is 13.8 Å². The fourth-order valence-corrected chi connectivity index (χ4v) is 2.51. The number of H-pyrrole nitrogens is 1. The third-order valence-corrected chi connectivity index (χ3v) is 3.62. The van der Waals surface area contributed by atoms with E-state index in [0.717, 1.165) is 5.56 Å². The average Bonchev–Trinajstić information content (AvgIpc) is 2.85. The van der Waals surface area contributed by atoms with Gasteiger partial charge in [-0.15, -0.1) is 11.3 Å². The number of carbonyl (C=O) groups is 2. The van der Waals surface area contributed by atoms with Crippen molar-refractivity contribution in [3.63, 3.8) is 0 Å². The van der Waals surface area contributed by atoms with Crippen molar-refractivity contribution in [2.24, 2.45) is 0 Å². The molecule has 0 bridgehead atoms. The first-order chi connectivity index (χ1) is 8.50. The van der Waals surface area contributed by atoms with Gasteiger partial charge in [0.25, 0.3) is 5.91 Å². The standard InChI is InChI=1S/C12H12N2O3S/c1-6-3-4-18-10(6)11(15)14-8-5-13-7(2)9(8)12(16)17/h3-5,13H,1-2H3,(H,14,15)(H,16,17). The molecule has 5 nitrogen and oxygen atoms in total. The van der Waals surface area contributed by atoms with E-state index < -0.39 is 5.97 Å². The first kappa shape index (κ1) is 12.4. The van der Waals surface area contributed by atoms with Crippen LogP contribution in [0.3, 0.4) is 0 Å². The molecule has 0 spiro atoms. The molecule has 2 rings (SSSR count). The number of carboxylic acids is 1. The lowest BCUT2D eigenvalue weighted by Crippen LogP contribution is -2.13. The van der Waals surface area contributed by atoms with Gasteiger partial charge in [-0.1, -0.05) is 0 Å². The number of nitrogens with one attached hydrogen (secondary N) is 2. The van der Waals surface area contributed by atoms with Gasteiger partial charge >= 0.3 is 5.97 Å². The molecule has 0 aliphatic rings. The monoisotopic (exact) mass is 264 g/mol. The molecule has 0 aliphatic heterocycles. The fourth-order valence-electron chi connectivity index (χ4n) is 1.69. The van der Waals surface area contributed by atoms with E-state index in [1.54, 1.807) is 6.92 Å². The highest BCUT2D eigenvalue weighted by molar-refractivity contribution is 7.12. The van der Waals surface area contributed by atoms with E-state index >= 15 is 0 Å². The molecular weight excluding hydrogens is 252 g/mol. The van der Waals surface area contributed by atoms with Crippen LogP contribution in [0.1, 0.15) is 31.3 Å². The summed E-state index contributed by atoms with van der Waals surface area (Å²) in [5.74, 6) is -1.35. The van der Waals surface area contributed by atoms with Gasteiger partial charge in [0.2, 0.25) is 0 Å². The number of amides is 1. The number of hydrogen-bond acceptors (Lipinski definition) is 3. The molecule has 2 aromatic rings. The van der Waals surface area contributed by atoms with E-state index in [2.05, 4.69) is 10.3 Å². The predicted octanol–water partition coefficient (Wildman–Crippen LogP) is 2.64. The zero-order valence-electron chi connectivity index (χ0n) is 9.90. The van der Waals surface area contributed by atoms with Crippen molar-refractivity contribution in [2.75, 3.05) is 5.32 Å². The first-order valence-electron chi connectivity index (χ1n) is 5.27. The van der Waals surface area contributed by atoms with Crippen LogP contribution in [0.25, 0.3) is 0 Å². The summed E-state index contributed by atoms with van der Waals surface area (Å²) in [6.07, 6.45) is 1.49. The van der Waals surface area contributed by atoms with Crippen LogP contribution in [0.15, 0.2) is 17.6 Å². The maximum absolute atomic E-state index is 12.0. The van der Waals surface area contributed by atoms with Gasteiger partial charge in [-0.2, -0.15) is 0 Å². The van der Waals surface area contributed by atoms with Gasteiger partial charge < -0.3 is 15.4 Å². The Bertz CT molecular complexity index is 613. The minimum atomic E-state index is -1.06. The highest BCUT2D eigenvalue weighted by Gasteiger charge is 2.18. The van der Waals surface area contributed by atoms with Crippen LogP contribution in [0, 0.1) is 13.8 Å². The lowest BCUT2D eigenvalue weighted by molar-refractivity contribution is 0.0697. The third-order valence-electron chi connectivity index (χ3n) is 2.61. The van der Waals surface area contributed by atoms with Crippen molar-refractivity contribution in [3.8, 4) is 0 Å². The molecule has 0 fully saturated rings. The fraction of sp³-hybridized carbons (Fsp3) is 0.167. The van der Waals surface area contributed by atoms with Crippen molar-refractivity contribution in [1.29, 1.82) is 0 Å². The Morgan fingerprint density at radius 1 is 1.39 bits per heavy atom. The van der Waals surface area contributed by atoms with Crippen LogP contribution >= 0.6 is 11.3 Å². The molecule has 1 amide bonds. The Morgan fingerprint density at radius 2 is 2.11 bits per heavy atom. The number of rotatable bonds is 3. The summed E-state index contributed by atoms with van der Waals surface area (Å²) in [5, 5.41) is 13.5. The van der Waals surface area contributed by atoms with E-state index in [-0.39, 0.29) is 17.2 Å². The molecular formula is C12H12N2O3S. The van der Waals surface area contributed by atoms with Crippen LogP contribution in [-0.2, 0) is 0 Å². The van der Waals surface area contributed by atoms with Gasteiger partial charge in [0.05, 0.1) is 10.6 Å². The maximum Gasteiger partial charge on any atom is 0.339 e. The molecule has 18 heavy (non-hydrogen) atoms. The largest absolute Gasteiger partial charge is 0.478 e. The van der Waals surface area contributed by atoms with E-state index in [0.29, 0.717) is 10.6 Å². The van der Waals surface area contributed by atoms with Gasteiger partial charge in [-0.25, -0.2) is 4.79 Å². The van der Waals surface area contributed by atoms with Crippen molar-refractivity contribution in [3.05, 3.63) is 39.3 Å². The molecule has 3 N–H and O–H groups in total. The second kappa shape index (κ2) is 4.66.